The third-order valence-electron chi connectivity index (χ3n) is 4.59. The van der Waals surface area contributed by atoms with Gasteiger partial charge in [0.15, 0.2) is 11.2 Å². The minimum atomic E-state index is -0.865. The minimum Gasteiger partial charge on any atom is -0.389 e. The van der Waals surface area contributed by atoms with Crippen LogP contribution in [0.15, 0.2) is 78.0 Å². The van der Waals surface area contributed by atoms with E-state index in [0.717, 1.165) is 11.1 Å². The highest BCUT2D eigenvalue weighted by atomic mass is 16.3. The normalized spacial score (nSPS) is 12.2. The molecule has 0 bridgehead atoms. The maximum Gasteiger partial charge on any atom is 0.215 e. The highest BCUT2D eigenvalue weighted by Gasteiger charge is 2.14. The first-order chi connectivity index (χ1) is 13.1. The van der Waals surface area contributed by atoms with Crippen LogP contribution in [0.3, 0.4) is 0 Å². The Morgan fingerprint density at radius 3 is 2.33 bits per heavy atom. The van der Waals surface area contributed by atoms with Gasteiger partial charge < -0.3 is 9.67 Å². The summed E-state index contributed by atoms with van der Waals surface area (Å²) in [5.74, 6) is 0. The van der Waals surface area contributed by atoms with Crippen LogP contribution >= 0.6 is 0 Å². The monoisotopic (exact) mass is 357 g/mol. The molecule has 1 N–H and O–H groups in total. The SMILES string of the molecule is CC(O)c1cn(Cc2ccc(-c3ccccc3)cc2)c2nccnc2c1=O. The van der Waals surface area contributed by atoms with E-state index >= 15 is 0 Å². The molecule has 0 fully saturated rings. The fourth-order valence-corrected chi connectivity index (χ4v) is 3.17. The zero-order valence-corrected chi connectivity index (χ0v) is 14.9. The highest BCUT2D eigenvalue weighted by Crippen LogP contribution is 2.20. The average molecular weight is 357 g/mol. The van der Waals surface area contributed by atoms with Gasteiger partial charge in [-0.25, -0.2) is 9.97 Å². The third kappa shape index (κ3) is 3.37. The molecule has 0 radical (unpaired) electrons. The number of aliphatic hydroxyl groups is 1. The molecule has 4 aromatic rings. The molecule has 2 aromatic heterocycles. The van der Waals surface area contributed by atoms with Crippen molar-refractivity contribution in [2.45, 2.75) is 19.6 Å². The van der Waals surface area contributed by atoms with Crippen molar-refractivity contribution in [3.8, 4) is 11.1 Å². The summed E-state index contributed by atoms with van der Waals surface area (Å²) >= 11 is 0. The Morgan fingerprint density at radius 1 is 0.963 bits per heavy atom. The van der Waals surface area contributed by atoms with Crippen molar-refractivity contribution in [2.75, 3.05) is 0 Å². The predicted octanol–water partition coefficient (Wildman–Crippen LogP) is 3.56. The summed E-state index contributed by atoms with van der Waals surface area (Å²) in [6.07, 6.45) is 3.87. The topological polar surface area (TPSA) is 68.0 Å². The van der Waals surface area contributed by atoms with Gasteiger partial charge in [0, 0.05) is 30.7 Å². The number of aromatic nitrogens is 3. The number of aliphatic hydroxyl groups excluding tert-OH is 1. The van der Waals surface area contributed by atoms with Crippen LogP contribution in [0, 0.1) is 0 Å². The number of fused-ring (bicyclic) bond motifs is 1. The molecule has 0 aliphatic rings. The zero-order valence-electron chi connectivity index (χ0n) is 14.9. The Hall–Kier alpha value is -3.31. The molecule has 4 rings (SSSR count). The van der Waals surface area contributed by atoms with Gasteiger partial charge in [0.25, 0.3) is 0 Å². The van der Waals surface area contributed by atoms with Gasteiger partial charge in [-0.1, -0.05) is 54.6 Å². The Labute approximate surface area is 156 Å². The molecule has 1 atom stereocenters. The van der Waals surface area contributed by atoms with Crippen molar-refractivity contribution in [3.63, 3.8) is 0 Å². The summed E-state index contributed by atoms with van der Waals surface area (Å²) in [7, 11) is 0. The molecule has 0 aliphatic carbocycles. The maximum absolute atomic E-state index is 12.5. The van der Waals surface area contributed by atoms with Crippen molar-refractivity contribution >= 4 is 11.2 Å². The second-order valence-electron chi connectivity index (χ2n) is 6.51. The number of nitrogens with zero attached hydrogens (tertiary/aromatic N) is 3. The largest absolute Gasteiger partial charge is 0.389 e. The quantitative estimate of drug-likeness (QED) is 0.606. The first kappa shape index (κ1) is 17.1. The Kier molecular flexibility index (Phi) is 4.52. The van der Waals surface area contributed by atoms with E-state index in [1.165, 1.54) is 11.8 Å². The fraction of sp³-hybridized carbons (Fsp3) is 0.136. The lowest BCUT2D eigenvalue weighted by Gasteiger charge is -2.14. The minimum absolute atomic E-state index is 0.274. The molecule has 0 amide bonds. The first-order valence-electron chi connectivity index (χ1n) is 8.80. The van der Waals surface area contributed by atoms with Gasteiger partial charge in [-0.15, -0.1) is 0 Å². The van der Waals surface area contributed by atoms with Crippen LogP contribution in [-0.4, -0.2) is 19.6 Å². The van der Waals surface area contributed by atoms with E-state index < -0.39 is 6.10 Å². The lowest BCUT2D eigenvalue weighted by Crippen LogP contribution is -2.19. The molecule has 134 valence electrons. The lowest BCUT2D eigenvalue weighted by atomic mass is 10.0. The van der Waals surface area contributed by atoms with Crippen molar-refractivity contribution in [3.05, 3.63) is 94.5 Å². The summed E-state index contributed by atoms with van der Waals surface area (Å²) in [5.41, 5.74) is 4.22. The predicted molar refractivity (Wildman–Crippen MR) is 105 cm³/mol. The molecular formula is C22H19N3O2. The number of benzene rings is 2. The molecule has 0 aliphatic heterocycles. The second-order valence-corrected chi connectivity index (χ2v) is 6.51. The van der Waals surface area contributed by atoms with E-state index in [9.17, 15) is 9.90 Å². The molecule has 0 spiro atoms. The molecule has 1 unspecified atom stereocenters. The van der Waals surface area contributed by atoms with Gasteiger partial charge in [-0.2, -0.15) is 0 Å². The van der Waals surface area contributed by atoms with Crippen molar-refractivity contribution in [1.82, 2.24) is 14.5 Å². The fourth-order valence-electron chi connectivity index (χ4n) is 3.17. The number of hydrogen-bond donors (Lipinski definition) is 1. The van der Waals surface area contributed by atoms with Crippen LogP contribution < -0.4 is 5.43 Å². The van der Waals surface area contributed by atoms with E-state index in [0.29, 0.717) is 17.8 Å². The highest BCUT2D eigenvalue weighted by molar-refractivity contribution is 5.70. The number of pyridine rings is 1. The van der Waals surface area contributed by atoms with Gasteiger partial charge in [-0.05, 0) is 23.6 Å². The van der Waals surface area contributed by atoms with Crippen LogP contribution in [0.2, 0.25) is 0 Å². The van der Waals surface area contributed by atoms with Gasteiger partial charge >= 0.3 is 0 Å². The lowest BCUT2D eigenvalue weighted by molar-refractivity contribution is 0.197. The van der Waals surface area contributed by atoms with Crippen LogP contribution in [0.25, 0.3) is 22.3 Å². The summed E-state index contributed by atoms with van der Waals surface area (Å²) in [4.78, 5) is 21.0. The standard InChI is InChI=1S/C22H19N3O2/c1-15(26)19-14-25(22-20(21(19)27)23-11-12-24-22)13-16-7-9-18(10-8-16)17-5-3-2-4-6-17/h2-12,14-15,26H,13H2,1H3. The summed E-state index contributed by atoms with van der Waals surface area (Å²) in [6, 6.07) is 18.5. The second kappa shape index (κ2) is 7.13. The molecule has 0 saturated heterocycles. The van der Waals surface area contributed by atoms with Crippen molar-refractivity contribution in [1.29, 1.82) is 0 Å². The van der Waals surface area contributed by atoms with Crippen LogP contribution in [0.5, 0.6) is 0 Å². The number of rotatable bonds is 4. The van der Waals surface area contributed by atoms with Crippen LogP contribution in [0.4, 0.5) is 0 Å². The Bertz CT molecular complexity index is 1130. The molecule has 5 heteroatoms. The van der Waals surface area contributed by atoms with Crippen molar-refractivity contribution < 1.29 is 5.11 Å². The molecule has 5 nitrogen and oxygen atoms in total. The van der Waals surface area contributed by atoms with E-state index in [1.54, 1.807) is 19.3 Å². The first-order valence-corrected chi connectivity index (χ1v) is 8.80. The molecule has 2 aromatic carbocycles. The molecule has 27 heavy (non-hydrogen) atoms. The van der Waals surface area contributed by atoms with Gasteiger partial charge in [-0.3, -0.25) is 4.79 Å². The van der Waals surface area contributed by atoms with E-state index in [-0.39, 0.29) is 10.9 Å². The van der Waals surface area contributed by atoms with Gasteiger partial charge in [0.2, 0.25) is 5.43 Å². The molecule has 0 saturated carbocycles. The maximum atomic E-state index is 12.5. The van der Waals surface area contributed by atoms with E-state index in [4.69, 9.17) is 0 Å². The van der Waals surface area contributed by atoms with Crippen LogP contribution in [-0.2, 0) is 6.54 Å². The molecule has 2 heterocycles. The average Bonchev–Trinajstić information content (AvgIpc) is 2.71. The van der Waals surface area contributed by atoms with Crippen LogP contribution in [0.1, 0.15) is 24.2 Å². The Morgan fingerprint density at radius 2 is 1.63 bits per heavy atom. The van der Waals surface area contributed by atoms with Gasteiger partial charge in [0.05, 0.1) is 6.10 Å². The van der Waals surface area contributed by atoms with Crippen molar-refractivity contribution in [2.24, 2.45) is 0 Å². The van der Waals surface area contributed by atoms with Gasteiger partial charge in [0.1, 0.15) is 0 Å². The summed E-state index contributed by atoms with van der Waals surface area (Å²) in [5, 5.41) is 9.96. The smallest absolute Gasteiger partial charge is 0.215 e. The summed E-state index contributed by atoms with van der Waals surface area (Å²) < 4.78 is 1.86. The zero-order chi connectivity index (χ0) is 18.8. The third-order valence-corrected chi connectivity index (χ3v) is 4.59. The Balaban J connectivity index is 1.73. The number of hydrogen-bond acceptors (Lipinski definition) is 4. The van der Waals surface area contributed by atoms with E-state index in [2.05, 4.69) is 46.4 Å². The molecular weight excluding hydrogens is 338 g/mol. The van der Waals surface area contributed by atoms with E-state index in [1.807, 2.05) is 22.8 Å². The summed E-state index contributed by atoms with van der Waals surface area (Å²) in [6.45, 7) is 2.11.